The highest BCUT2D eigenvalue weighted by atomic mass is 16.3. The molecule has 1 aromatic rings. The molecule has 1 rings (SSSR count). The molecule has 0 radical (unpaired) electrons. The summed E-state index contributed by atoms with van der Waals surface area (Å²) in [6.07, 6.45) is 2.92. The molecule has 1 aromatic carbocycles. The molecule has 0 saturated carbocycles. The van der Waals surface area contributed by atoms with Crippen LogP contribution in [-0.2, 0) is 5.60 Å². The second kappa shape index (κ2) is 7.43. The number of nitrogens with one attached hydrogen (secondary N) is 1. The van der Waals surface area contributed by atoms with E-state index in [2.05, 4.69) is 5.32 Å². The van der Waals surface area contributed by atoms with Gasteiger partial charge in [-0.1, -0.05) is 30.3 Å². The van der Waals surface area contributed by atoms with Crippen molar-refractivity contribution in [1.82, 2.24) is 5.32 Å². The second-order valence-electron chi connectivity index (χ2n) is 4.60. The van der Waals surface area contributed by atoms with E-state index in [-0.39, 0.29) is 6.61 Å². The molecule has 3 heteroatoms. The first-order chi connectivity index (χ1) is 8.17. The molecule has 0 aromatic heterocycles. The quantitative estimate of drug-likeness (QED) is 0.603. The average Bonchev–Trinajstić information content (AvgIpc) is 2.35. The van der Waals surface area contributed by atoms with Crippen LogP contribution in [0.5, 0.6) is 0 Å². The molecule has 0 spiro atoms. The lowest BCUT2D eigenvalue weighted by Crippen LogP contribution is -2.35. The molecular formula is C14H23NO2. The summed E-state index contributed by atoms with van der Waals surface area (Å²) in [5.74, 6) is 0. The van der Waals surface area contributed by atoms with Gasteiger partial charge in [0.15, 0.2) is 0 Å². The third-order valence-electron chi connectivity index (χ3n) is 2.88. The summed E-state index contributed by atoms with van der Waals surface area (Å²) in [7, 11) is 0. The van der Waals surface area contributed by atoms with Crippen LogP contribution in [0, 0.1) is 0 Å². The largest absolute Gasteiger partial charge is 0.396 e. The van der Waals surface area contributed by atoms with E-state index in [9.17, 15) is 5.11 Å². The van der Waals surface area contributed by atoms with Crippen molar-refractivity contribution in [2.24, 2.45) is 0 Å². The van der Waals surface area contributed by atoms with Crippen LogP contribution in [0.15, 0.2) is 30.3 Å². The highest BCUT2D eigenvalue weighted by molar-refractivity contribution is 5.21. The van der Waals surface area contributed by atoms with Gasteiger partial charge in [-0.05, 0) is 38.3 Å². The molecule has 0 aliphatic rings. The van der Waals surface area contributed by atoms with Crippen molar-refractivity contribution in [3.8, 4) is 0 Å². The molecular weight excluding hydrogens is 214 g/mol. The molecule has 0 saturated heterocycles. The Morgan fingerprint density at radius 1 is 1.12 bits per heavy atom. The molecule has 0 heterocycles. The number of hydrogen-bond acceptors (Lipinski definition) is 3. The van der Waals surface area contributed by atoms with Gasteiger partial charge in [0.05, 0.1) is 5.60 Å². The van der Waals surface area contributed by atoms with E-state index in [1.165, 1.54) is 0 Å². The van der Waals surface area contributed by atoms with Crippen molar-refractivity contribution < 1.29 is 10.2 Å². The summed E-state index contributed by atoms with van der Waals surface area (Å²) in [5, 5.41) is 22.2. The smallest absolute Gasteiger partial charge is 0.0992 e. The lowest BCUT2D eigenvalue weighted by molar-refractivity contribution is 0.0570. The molecule has 0 fully saturated rings. The van der Waals surface area contributed by atoms with Gasteiger partial charge >= 0.3 is 0 Å². The maximum atomic E-state index is 10.3. The Hall–Kier alpha value is -0.900. The summed E-state index contributed by atoms with van der Waals surface area (Å²) >= 11 is 0. The Labute approximate surface area is 103 Å². The first-order valence-corrected chi connectivity index (χ1v) is 6.26. The van der Waals surface area contributed by atoms with Gasteiger partial charge in [0.2, 0.25) is 0 Å². The number of benzene rings is 1. The third-order valence-corrected chi connectivity index (χ3v) is 2.88. The van der Waals surface area contributed by atoms with E-state index >= 15 is 0 Å². The van der Waals surface area contributed by atoms with Crippen LogP contribution in [0.1, 0.15) is 31.7 Å². The van der Waals surface area contributed by atoms with Gasteiger partial charge in [0.1, 0.15) is 0 Å². The molecule has 0 amide bonds. The molecule has 0 bridgehead atoms. The standard InChI is InChI=1S/C14H23NO2/c1-14(17,13-8-4-2-5-9-13)12-15-10-6-3-7-11-16/h2,4-5,8-9,15-17H,3,6-7,10-12H2,1H3. The van der Waals surface area contributed by atoms with Crippen LogP contribution in [0.3, 0.4) is 0 Å². The van der Waals surface area contributed by atoms with E-state index in [0.717, 1.165) is 31.4 Å². The second-order valence-corrected chi connectivity index (χ2v) is 4.60. The molecule has 17 heavy (non-hydrogen) atoms. The number of hydrogen-bond donors (Lipinski definition) is 3. The molecule has 0 aliphatic carbocycles. The van der Waals surface area contributed by atoms with Crippen molar-refractivity contribution in [1.29, 1.82) is 0 Å². The fourth-order valence-electron chi connectivity index (χ4n) is 1.77. The minimum absolute atomic E-state index is 0.266. The van der Waals surface area contributed by atoms with Gasteiger partial charge < -0.3 is 15.5 Å². The van der Waals surface area contributed by atoms with Crippen molar-refractivity contribution in [2.45, 2.75) is 31.8 Å². The van der Waals surface area contributed by atoms with Gasteiger partial charge in [0, 0.05) is 13.2 Å². The normalized spacial score (nSPS) is 14.5. The van der Waals surface area contributed by atoms with Crippen LogP contribution in [0.25, 0.3) is 0 Å². The third kappa shape index (κ3) is 5.31. The van der Waals surface area contributed by atoms with Crippen molar-refractivity contribution in [2.75, 3.05) is 19.7 Å². The fourth-order valence-corrected chi connectivity index (χ4v) is 1.77. The maximum absolute atomic E-state index is 10.3. The van der Waals surface area contributed by atoms with Crippen molar-refractivity contribution in [3.63, 3.8) is 0 Å². The molecule has 1 atom stereocenters. The molecule has 1 unspecified atom stereocenters. The van der Waals surface area contributed by atoms with E-state index in [1.54, 1.807) is 0 Å². The summed E-state index contributed by atoms with van der Waals surface area (Å²) in [4.78, 5) is 0. The Balaban J connectivity index is 2.26. The number of aliphatic hydroxyl groups excluding tert-OH is 1. The summed E-state index contributed by atoms with van der Waals surface area (Å²) in [6.45, 7) is 3.52. The van der Waals surface area contributed by atoms with Gasteiger partial charge in [0.25, 0.3) is 0 Å². The Bertz CT molecular complexity index is 298. The van der Waals surface area contributed by atoms with Crippen LogP contribution in [-0.4, -0.2) is 29.9 Å². The van der Waals surface area contributed by atoms with Gasteiger partial charge in [-0.15, -0.1) is 0 Å². The number of aliphatic hydroxyl groups is 2. The summed E-state index contributed by atoms with van der Waals surface area (Å²) in [5.41, 5.74) is 0.112. The average molecular weight is 237 g/mol. The van der Waals surface area contributed by atoms with E-state index in [1.807, 2.05) is 37.3 Å². The minimum atomic E-state index is -0.821. The molecule has 3 N–H and O–H groups in total. The summed E-state index contributed by atoms with van der Waals surface area (Å²) in [6, 6.07) is 9.69. The first-order valence-electron chi connectivity index (χ1n) is 6.26. The molecule has 96 valence electrons. The highest BCUT2D eigenvalue weighted by Crippen LogP contribution is 2.18. The van der Waals surface area contributed by atoms with Crippen LogP contribution >= 0.6 is 0 Å². The van der Waals surface area contributed by atoms with Gasteiger partial charge in [-0.25, -0.2) is 0 Å². The van der Waals surface area contributed by atoms with Gasteiger partial charge in [-0.3, -0.25) is 0 Å². The highest BCUT2D eigenvalue weighted by Gasteiger charge is 2.21. The van der Waals surface area contributed by atoms with E-state index in [4.69, 9.17) is 5.11 Å². The first kappa shape index (κ1) is 14.2. The Morgan fingerprint density at radius 3 is 2.47 bits per heavy atom. The zero-order valence-electron chi connectivity index (χ0n) is 10.5. The Kier molecular flexibility index (Phi) is 6.19. The van der Waals surface area contributed by atoms with Crippen molar-refractivity contribution >= 4 is 0 Å². The zero-order valence-corrected chi connectivity index (χ0v) is 10.5. The van der Waals surface area contributed by atoms with Crippen molar-refractivity contribution in [3.05, 3.63) is 35.9 Å². The SMILES string of the molecule is CC(O)(CNCCCCCO)c1ccccc1. The maximum Gasteiger partial charge on any atom is 0.0992 e. The lowest BCUT2D eigenvalue weighted by atomic mass is 9.96. The zero-order chi connectivity index (χ0) is 12.6. The molecule has 3 nitrogen and oxygen atoms in total. The predicted molar refractivity (Wildman–Crippen MR) is 69.8 cm³/mol. The number of unbranched alkanes of at least 4 members (excludes halogenated alkanes) is 2. The van der Waals surface area contributed by atoms with Crippen LogP contribution in [0.2, 0.25) is 0 Å². The lowest BCUT2D eigenvalue weighted by Gasteiger charge is -2.24. The topological polar surface area (TPSA) is 52.5 Å². The summed E-state index contributed by atoms with van der Waals surface area (Å²) < 4.78 is 0. The Morgan fingerprint density at radius 2 is 1.82 bits per heavy atom. The fraction of sp³-hybridized carbons (Fsp3) is 0.571. The predicted octanol–water partition coefficient (Wildman–Crippen LogP) is 1.65. The van der Waals surface area contributed by atoms with Gasteiger partial charge in [-0.2, -0.15) is 0 Å². The molecule has 0 aliphatic heterocycles. The van der Waals surface area contributed by atoms with Crippen LogP contribution < -0.4 is 5.32 Å². The minimum Gasteiger partial charge on any atom is -0.396 e. The van der Waals surface area contributed by atoms with Crippen LogP contribution in [0.4, 0.5) is 0 Å². The monoisotopic (exact) mass is 237 g/mol. The van der Waals surface area contributed by atoms with E-state index < -0.39 is 5.60 Å². The van der Waals surface area contributed by atoms with E-state index in [0.29, 0.717) is 6.54 Å². The number of rotatable bonds is 8.